The molecule has 4 heteroatoms. The minimum Gasteiger partial charge on any atom is -0.462 e. The summed E-state index contributed by atoms with van der Waals surface area (Å²) in [4.78, 5) is 37.7. The number of hydrogen-bond donors (Lipinski definition) is 0. The zero-order chi connectivity index (χ0) is 28.8. The van der Waals surface area contributed by atoms with Gasteiger partial charge in [0.1, 0.15) is 11.9 Å². The molecule has 0 saturated heterocycles. The second-order valence-electron chi connectivity index (χ2n) is 16.1. The fraction of sp³-hybridized carbons (Fsp3) is 0.857. The number of carbonyl (C=O) groups excluding carboxylic acids is 3. The Kier molecular flexibility index (Phi) is 6.91. The van der Waals surface area contributed by atoms with E-state index in [1.165, 1.54) is 24.8 Å². The van der Waals surface area contributed by atoms with Gasteiger partial charge >= 0.3 is 5.97 Å². The Hall–Kier alpha value is -1.45. The Bertz CT molecular complexity index is 1100. The lowest BCUT2D eigenvalue weighted by atomic mass is 9.33. The Labute approximate surface area is 237 Å². The van der Waals surface area contributed by atoms with E-state index < -0.39 is 0 Å². The van der Waals surface area contributed by atoms with Crippen molar-refractivity contribution in [2.45, 2.75) is 139 Å². The second-order valence-corrected chi connectivity index (χ2v) is 16.1. The molecule has 0 N–H and O–H groups in total. The quantitative estimate of drug-likeness (QED) is 0.331. The van der Waals surface area contributed by atoms with Crippen molar-refractivity contribution in [3.8, 4) is 0 Å². The van der Waals surface area contributed by atoms with Crippen LogP contribution in [0.15, 0.2) is 11.1 Å². The van der Waals surface area contributed by atoms with Gasteiger partial charge < -0.3 is 9.53 Å². The van der Waals surface area contributed by atoms with Crippen LogP contribution in [0, 0.1) is 50.7 Å². The number of allylic oxidation sites excluding steroid dienone is 2. The second kappa shape index (κ2) is 9.28. The summed E-state index contributed by atoms with van der Waals surface area (Å²) in [6.45, 7) is 20.2. The Morgan fingerprint density at radius 2 is 1.56 bits per heavy atom. The van der Waals surface area contributed by atoms with Gasteiger partial charge in [0.25, 0.3) is 0 Å². The summed E-state index contributed by atoms with van der Waals surface area (Å²) in [7, 11) is 0. The molecule has 0 radical (unpaired) electrons. The molecule has 0 aromatic heterocycles. The van der Waals surface area contributed by atoms with Crippen LogP contribution in [0.25, 0.3) is 0 Å². The molecule has 0 amide bonds. The number of rotatable bonds is 5. The van der Waals surface area contributed by atoms with Crippen molar-refractivity contribution in [3.63, 3.8) is 0 Å². The van der Waals surface area contributed by atoms with Gasteiger partial charge in [-0.05, 0) is 116 Å². The van der Waals surface area contributed by atoms with Gasteiger partial charge in [-0.2, -0.15) is 0 Å². The molecule has 0 heterocycles. The molecule has 0 spiro atoms. The standard InChI is InChI=1S/C35H54O4/c1-21(2)29-25(38)20-35(17-12-22(3)36)19-18-33(8)24(30(29)35)10-11-27-32(7)15-14-28(39-23(4)37)31(5,6)26(32)13-16-34(27,33)9/h21,24,26-28H,10-20H2,1-9H3/t24-,26+,27-,28+,32+,33-,34-,35+/m1/s1. The molecule has 4 fully saturated rings. The van der Waals surface area contributed by atoms with Crippen molar-refractivity contribution >= 4 is 17.5 Å². The maximum absolute atomic E-state index is 13.6. The molecule has 5 rings (SSSR count). The van der Waals surface area contributed by atoms with Crippen molar-refractivity contribution in [3.05, 3.63) is 11.1 Å². The minimum atomic E-state index is -0.152. The number of ketones is 2. The van der Waals surface area contributed by atoms with Crippen LogP contribution in [0.4, 0.5) is 0 Å². The molecule has 0 aromatic rings. The van der Waals surface area contributed by atoms with Crippen LogP contribution in [0.1, 0.15) is 133 Å². The van der Waals surface area contributed by atoms with Gasteiger partial charge in [0.05, 0.1) is 0 Å². The average Bonchev–Trinajstić information content (AvgIpc) is 3.12. The van der Waals surface area contributed by atoms with Crippen LogP contribution >= 0.6 is 0 Å². The number of hydrogen-bond acceptors (Lipinski definition) is 4. The number of carbonyl (C=O) groups is 3. The topological polar surface area (TPSA) is 60.4 Å². The maximum atomic E-state index is 13.6. The van der Waals surface area contributed by atoms with Crippen LogP contribution in [0.2, 0.25) is 0 Å². The smallest absolute Gasteiger partial charge is 0.302 e. The fourth-order valence-electron chi connectivity index (χ4n) is 11.9. The van der Waals surface area contributed by atoms with E-state index in [0.29, 0.717) is 36.4 Å². The van der Waals surface area contributed by atoms with Gasteiger partial charge in [-0.1, -0.05) is 54.0 Å². The van der Waals surface area contributed by atoms with Gasteiger partial charge in [0.2, 0.25) is 0 Å². The van der Waals surface area contributed by atoms with Crippen molar-refractivity contribution in [1.82, 2.24) is 0 Å². The monoisotopic (exact) mass is 538 g/mol. The van der Waals surface area contributed by atoms with E-state index in [2.05, 4.69) is 48.5 Å². The first-order chi connectivity index (χ1) is 18.0. The van der Waals surface area contributed by atoms with E-state index in [4.69, 9.17) is 4.74 Å². The summed E-state index contributed by atoms with van der Waals surface area (Å²) in [5, 5.41) is 0. The maximum Gasteiger partial charge on any atom is 0.302 e. The highest BCUT2D eigenvalue weighted by molar-refractivity contribution is 6.00. The molecule has 8 atom stereocenters. The summed E-state index contributed by atoms with van der Waals surface area (Å²) >= 11 is 0. The van der Waals surface area contributed by atoms with Gasteiger partial charge in [0, 0.05) is 25.2 Å². The number of fused-ring (bicyclic) bond motifs is 7. The molecule has 0 bridgehead atoms. The molecule has 4 saturated carbocycles. The summed E-state index contributed by atoms with van der Waals surface area (Å²) in [5.74, 6) is 2.31. The van der Waals surface area contributed by atoms with Crippen molar-refractivity contribution in [2.75, 3.05) is 0 Å². The van der Waals surface area contributed by atoms with Crippen molar-refractivity contribution in [1.29, 1.82) is 0 Å². The molecular formula is C35H54O4. The fourth-order valence-corrected chi connectivity index (χ4v) is 11.9. The lowest BCUT2D eigenvalue weighted by Gasteiger charge is -2.72. The van der Waals surface area contributed by atoms with Crippen LogP contribution in [0.3, 0.4) is 0 Å². The van der Waals surface area contributed by atoms with E-state index in [-0.39, 0.29) is 50.8 Å². The van der Waals surface area contributed by atoms with Gasteiger partial charge in [0.15, 0.2) is 5.78 Å². The average molecular weight is 539 g/mol. The van der Waals surface area contributed by atoms with E-state index in [0.717, 1.165) is 44.1 Å². The lowest BCUT2D eigenvalue weighted by Crippen LogP contribution is -2.65. The molecule has 4 nitrogen and oxygen atoms in total. The number of ether oxygens (including phenoxy) is 1. The number of esters is 1. The Morgan fingerprint density at radius 3 is 2.18 bits per heavy atom. The first-order valence-electron chi connectivity index (χ1n) is 16.0. The molecule has 0 unspecified atom stereocenters. The van der Waals surface area contributed by atoms with Crippen LogP contribution in [-0.2, 0) is 19.1 Å². The zero-order valence-electron chi connectivity index (χ0n) is 26.3. The lowest BCUT2D eigenvalue weighted by molar-refractivity contribution is -0.232. The highest BCUT2D eigenvalue weighted by atomic mass is 16.5. The third-order valence-electron chi connectivity index (χ3n) is 13.8. The normalized spacial score (nSPS) is 44.8. The van der Waals surface area contributed by atoms with Crippen molar-refractivity contribution in [2.24, 2.45) is 50.7 Å². The third-order valence-corrected chi connectivity index (χ3v) is 13.8. The summed E-state index contributed by atoms with van der Waals surface area (Å²) < 4.78 is 5.91. The minimum absolute atomic E-state index is 0.00388. The highest BCUT2D eigenvalue weighted by Crippen LogP contribution is 2.77. The largest absolute Gasteiger partial charge is 0.462 e. The molecule has 5 aliphatic rings. The summed E-state index contributed by atoms with van der Waals surface area (Å²) in [6.07, 6.45) is 11.1. The van der Waals surface area contributed by atoms with E-state index in [1.54, 1.807) is 13.8 Å². The molecule has 218 valence electrons. The first-order valence-corrected chi connectivity index (χ1v) is 16.0. The Balaban J connectivity index is 1.54. The van der Waals surface area contributed by atoms with Crippen LogP contribution in [0.5, 0.6) is 0 Å². The van der Waals surface area contributed by atoms with Gasteiger partial charge in [-0.25, -0.2) is 0 Å². The molecular weight excluding hydrogens is 484 g/mol. The zero-order valence-corrected chi connectivity index (χ0v) is 26.3. The Morgan fingerprint density at radius 1 is 0.872 bits per heavy atom. The molecule has 5 aliphatic carbocycles. The van der Waals surface area contributed by atoms with Crippen molar-refractivity contribution < 1.29 is 19.1 Å². The molecule has 0 aromatic carbocycles. The van der Waals surface area contributed by atoms with Crippen LogP contribution in [-0.4, -0.2) is 23.6 Å². The molecule has 39 heavy (non-hydrogen) atoms. The SMILES string of the molecule is CC(=O)CC[C@@]12CC[C@]3(C)[C@H](CC[C@@H]4[C@@]5(C)CC[C@H](OC(C)=O)C(C)(C)[C@@H]5CC[C@]43C)C1=C(C(C)C)C(=O)C2. The summed E-state index contributed by atoms with van der Waals surface area (Å²) in [6, 6.07) is 0. The summed E-state index contributed by atoms with van der Waals surface area (Å²) in [5.41, 5.74) is 3.07. The predicted octanol–water partition coefficient (Wildman–Crippen LogP) is 8.27. The van der Waals surface area contributed by atoms with Crippen LogP contribution < -0.4 is 0 Å². The highest BCUT2D eigenvalue weighted by Gasteiger charge is 2.70. The third kappa shape index (κ3) is 3.99. The predicted molar refractivity (Wildman–Crippen MR) is 155 cm³/mol. The van der Waals surface area contributed by atoms with E-state index in [1.807, 2.05) is 0 Å². The van der Waals surface area contributed by atoms with E-state index in [9.17, 15) is 14.4 Å². The first kappa shape index (κ1) is 29.1. The van der Waals surface area contributed by atoms with Gasteiger partial charge in [-0.3, -0.25) is 9.59 Å². The van der Waals surface area contributed by atoms with E-state index >= 15 is 0 Å². The number of Topliss-reactive ketones (excluding diaryl/α,β-unsaturated/α-hetero) is 2. The molecule has 0 aliphatic heterocycles. The van der Waals surface area contributed by atoms with Gasteiger partial charge in [-0.15, -0.1) is 0 Å².